The van der Waals surface area contributed by atoms with E-state index < -0.39 is 0 Å². The average molecular weight is 384 g/mol. The van der Waals surface area contributed by atoms with Gasteiger partial charge in [0.1, 0.15) is 18.5 Å². The molecule has 2 amide bonds. The highest BCUT2D eigenvalue weighted by Crippen LogP contribution is 2.22. The number of imidazole rings is 1. The zero-order valence-electron chi connectivity index (χ0n) is 16.4. The molecule has 3 heterocycles. The first-order valence-electron chi connectivity index (χ1n) is 10.3. The topological polar surface area (TPSA) is 76.5 Å². The van der Waals surface area contributed by atoms with Gasteiger partial charge in [-0.1, -0.05) is 12.1 Å². The largest absolute Gasteiger partial charge is 0.368 e. The van der Waals surface area contributed by atoms with Gasteiger partial charge in [-0.2, -0.15) is 0 Å². The van der Waals surface area contributed by atoms with Crippen molar-refractivity contribution in [3.05, 3.63) is 30.1 Å². The number of piperidine rings is 1. The minimum absolute atomic E-state index is 0.106. The molecule has 0 radical (unpaired) electrons. The Morgan fingerprint density at radius 3 is 2.75 bits per heavy atom. The van der Waals surface area contributed by atoms with Crippen molar-refractivity contribution in [1.29, 1.82) is 0 Å². The van der Waals surface area contributed by atoms with Crippen LogP contribution in [0, 0.1) is 0 Å². The van der Waals surface area contributed by atoms with Crippen LogP contribution in [-0.4, -0.2) is 52.1 Å². The SMILES string of the molecule is CC(NC(=O)C1CCCO1)c1nc2ccccc2n1CC(=O)N1CCCCC1. The molecule has 4 rings (SSSR count). The van der Waals surface area contributed by atoms with Gasteiger partial charge >= 0.3 is 0 Å². The molecule has 150 valence electrons. The standard InChI is InChI=1S/C21H28N4O3/c1-15(22-21(27)18-10-7-13-28-18)20-23-16-8-3-4-9-17(16)25(20)14-19(26)24-11-5-2-6-12-24/h3-4,8-9,15,18H,2,5-7,10-14H2,1H3,(H,22,27). The maximum Gasteiger partial charge on any atom is 0.249 e. The number of benzene rings is 1. The Labute approximate surface area is 165 Å². The third kappa shape index (κ3) is 3.90. The van der Waals surface area contributed by atoms with Crippen molar-refractivity contribution in [2.24, 2.45) is 0 Å². The molecule has 1 aromatic carbocycles. The highest BCUT2D eigenvalue weighted by atomic mass is 16.5. The summed E-state index contributed by atoms with van der Waals surface area (Å²) >= 11 is 0. The van der Waals surface area contributed by atoms with Crippen LogP contribution in [0.5, 0.6) is 0 Å². The predicted octanol–water partition coefficient (Wildman–Crippen LogP) is 2.41. The lowest BCUT2D eigenvalue weighted by molar-refractivity contribution is -0.132. The monoisotopic (exact) mass is 384 g/mol. The number of para-hydroxylation sites is 2. The molecular weight excluding hydrogens is 356 g/mol. The average Bonchev–Trinajstić information content (AvgIpc) is 3.37. The molecule has 2 unspecified atom stereocenters. The molecule has 0 aliphatic carbocycles. The molecule has 28 heavy (non-hydrogen) atoms. The number of ether oxygens (including phenoxy) is 1. The summed E-state index contributed by atoms with van der Waals surface area (Å²) in [5.41, 5.74) is 1.75. The first-order valence-corrected chi connectivity index (χ1v) is 10.3. The molecule has 7 nitrogen and oxygen atoms in total. The van der Waals surface area contributed by atoms with E-state index in [1.165, 1.54) is 6.42 Å². The number of rotatable bonds is 5. The van der Waals surface area contributed by atoms with Crippen LogP contribution < -0.4 is 5.32 Å². The summed E-state index contributed by atoms with van der Waals surface area (Å²) in [4.78, 5) is 32.0. The number of aromatic nitrogens is 2. The van der Waals surface area contributed by atoms with Crippen molar-refractivity contribution < 1.29 is 14.3 Å². The number of likely N-dealkylation sites (tertiary alicyclic amines) is 1. The number of fused-ring (bicyclic) bond motifs is 1. The number of amides is 2. The Balaban J connectivity index is 1.57. The Morgan fingerprint density at radius 1 is 1.21 bits per heavy atom. The second-order valence-electron chi connectivity index (χ2n) is 7.72. The molecule has 2 aliphatic heterocycles. The third-order valence-electron chi connectivity index (χ3n) is 5.65. The number of hydrogen-bond donors (Lipinski definition) is 1. The summed E-state index contributed by atoms with van der Waals surface area (Å²) in [7, 11) is 0. The molecule has 1 N–H and O–H groups in total. The summed E-state index contributed by atoms with van der Waals surface area (Å²) < 4.78 is 7.44. The Bertz CT molecular complexity index is 850. The normalized spacial score (nSPS) is 21.0. The van der Waals surface area contributed by atoms with Crippen LogP contribution in [-0.2, 0) is 20.9 Å². The molecule has 0 spiro atoms. The van der Waals surface area contributed by atoms with Crippen LogP contribution in [0.2, 0.25) is 0 Å². The summed E-state index contributed by atoms with van der Waals surface area (Å²) in [6.45, 7) is 4.44. The van der Waals surface area contributed by atoms with E-state index in [2.05, 4.69) is 5.32 Å². The fourth-order valence-electron chi connectivity index (χ4n) is 4.12. The van der Waals surface area contributed by atoms with Gasteiger partial charge in [0.2, 0.25) is 11.8 Å². The number of carbonyl (C=O) groups is 2. The van der Waals surface area contributed by atoms with Crippen molar-refractivity contribution in [3.63, 3.8) is 0 Å². The minimum atomic E-state index is -0.379. The lowest BCUT2D eigenvalue weighted by Gasteiger charge is -2.27. The van der Waals surface area contributed by atoms with Crippen LogP contribution in [0.15, 0.2) is 24.3 Å². The molecule has 0 saturated carbocycles. The predicted molar refractivity (Wildman–Crippen MR) is 106 cm³/mol. The second-order valence-corrected chi connectivity index (χ2v) is 7.72. The molecule has 7 heteroatoms. The molecule has 0 bridgehead atoms. The van der Waals surface area contributed by atoms with Gasteiger partial charge in [-0.3, -0.25) is 9.59 Å². The van der Waals surface area contributed by atoms with Gasteiger partial charge in [-0.25, -0.2) is 4.98 Å². The number of hydrogen-bond acceptors (Lipinski definition) is 4. The van der Waals surface area contributed by atoms with Gasteiger partial charge in [0, 0.05) is 19.7 Å². The maximum atomic E-state index is 12.9. The lowest BCUT2D eigenvalue weighted by Crippen LogP contribution is -2.39. The van der Waals surface area contributed by atoms with Gasteiger partial charge < -0.3 is 19.5 Å². The molecule has 2 aliphatic rings. The highest BCUT2D eigenvalue weighted by molar-refractivity contribution is 5.83. The first-order chi connectivity index (χ1) is 13.6. The van der Waals surface area contributed by atoms with Gasteiger partial charge in [-0.05, 0) is 51.2 Å². The summed E-state index contributed by atoms with van der Waals surface area (Å²) in [6.07, 6.45) is 4.61. The number of nitrogens with zero attached hydrogens (tertiary/aromatic N) is 3. The minimum Gasteiger partial charge on any atom is -0.368 e. The molecule has 2 atom stereocenters. The van der Waals surface area contributed by atoms with Crippen molar-refractivity contribution >= 4 is 22.8 Å². The van der Waals surface area contributed by atoms with Crippen LogP contribution in [0.25, 0.3) is 11.0 Å². The zero-order valence-corrected chi connectivity index (χ0v) is 16.4. The van der Waals surface area contributed by atoms with E-state index in [4.69, 9.17) is 9.72 Å². The van der Waals surface area contributed by atoms with E-state index in [-0.39, 0.29) is 30.5 Å². The maximum absolute atomic E-state index is 12.9. The van der Waals surface area contributed by atoms with Crippen molar-refractivity contribution in [3.8, 4) is 0 Å². The first kappa shape index (κ1) is 18.9. The van der Waals surface area contributed by atoms with E-state index in [0.29, 0.717) is 12.4 Å². The van der Waals surface area contributed by atoms with E-state index in [1.807, 2.05) is 40.7 Å². The third-order valence-corrected chi connectivity index (χ3v) is 5.65. The smallest absolute Gasteiger partial charge is 0.249 e. The highest BCUT2D eigenvalue weighted by Gasteiger charge is 2.27. The molecule has 2 fully saturated rings. The van der Waals surface area contributed by atoms with Crippen molar-refractivity contribution in [2.45, 2.75) is 57.7 Å². The summed E-state index contributed by atoms with van der Waals surface area (Å²) in [6, 6.07) is 7.49. The molecule has 2 saturated heterocycles. The van der Waals surface area contributed by atoms with E-state index in [0.717, 1.165) is 49.8 Å². The lowest BCUT2D eigenvalue weighted by atomic mass is 10.1. The fourth-order valence-corrected chi connectivity index (χ4v) is 4.12. The Hall–Kier alpha value is -2.41. The Kier molecular flexibility index (Phi) is 5.62. The van der Waals surface area contributed by atoms with E-state index in [9.17, 15) is 9.59 Å². The van der Waals surface area contributed by atoms with Gasteiger partial charge in [0.25, 0.3) is 0 Å². The zero-order chi connectivity index (χ0) is 19.5. The second kappa shape index (κ2) is 8.31. The van der Waals surface area contributed by atoms with E-state index >= 15 is 0 Å². The van der Waals surface area contributed by atoms with Gasteiger partial charge in [0.05, 0.1) is 17.1 Å². The molecular formula is C21H28N4O3. The summed E-state index contributed by atoms with van der Waals surface area (Å²) in [5.74, 6) is 0.714. The van der Waals surface area contributed by atoms with Crippen LogP contribution in [0.3, 0.4) is 0 Å². The van der Waals surface area contributed by atoms with E-state index in [1.54, 1.807) is 0 Å². The van der Waals surface area contributed by atoms with Crippen LogP contribution in [0.1, 0.15) is 50.9 Å². The van der Waals surface area contributed by atoms with Gasteiger partial charge in [0.15, 0.2) is 0 Å². The van der Waals surface area contributed by atoms with Crippen molar-refractivity contribution in [1.82, 2.24) is 19.8 Å². The molecule has 2 aromatic rings. The Morgan fingerprint density at radius 2 is 2.00 bits per heavy atom. The fraction of sp³-hybridized carbons (Fsp3) is 0.571. The number of carbonyl (C=O) groups excluding carboxylic acids is 2. The molecule has 1 aromatic heterocycles. The number of nitrogens with one attached hydrogen (secondary N) is 1. The van der Waals surface area contributed by atoms with Crippen LogP contribution in [0.4, 0.5) is 0 Å². The summed E-state index contributed by atoms with van der Waals surface area (Å²) in [5, 5.41) is 3.02. The van der Waals surface area contributed by atoms with Crippen molar-refractivity contribution in [2.75, 3.05) is 19.7 Å². The quantitative estimate of drug-likeness (QED) is 0.859. The van der Waals surface area contributed by atoms with Gasteiger partial charge in [-0.15, -0.1) is 0 Å². The van der Waals surface area contributed by atoms with Crippen LogP contribution >= 0.6 is 0 Å².